The van der Waals surface area contributed by atoms with E-state index < -0.39 is 0 Å². The van der Waals surface area contributed by atoms with E-state index in [1.807, 2.05) is 42.5 Å². The van der Waals surface area contributed by atoms with E-state index in [1.165, 1.54) is 11.1 Å². The summed E-state index contributed by atoms with van der Waals surface area (Å²) in [4.78, 5) is 11.6. The van der Waals surface area contributed by atoms with E-state index in [2.05, 4.69) is 66.3 Å². The van der Waals surface area contributed by atoms with Gasteiger partial charge in [0, 0.05) is 37.1 Å². The molecular weight excluding hydrogens is 540 g/mol. The minimum atomic E-state index is 0.489. The van der Waals surface area contributed by atoms with Crippen LogP contribution in [0.15, 0.2) is 79.0 Å². The topological polar surface area (TPSA) is 78.0 Å². The molecular formula is C35H44N4O4. The molecule has 228 valence electrons. The zero-order valence-corrected chi connectivity index (χ0v) is 26.0. The van der Waals surface area contributed by atoms with Gasteiger partial charge in [-0.2, -0.15) is 0 Å². The molecule has 1 aliphatic rings. The number of morpholine rings is 1. The van der Waals surface area contributed by atoms with Gasteiger partial charge in [0.1, 0.15) is 6.61 Å². The van der Waals surface area contributed by atoms with Gasteiger partial charge in [-0.05, 0) is 55.2 Å². The van der Waals surface area contributed by atoms with Gasteiger partial charge in [0.2, 0.25) is 11.7 Å². The first kappa shape index (κ1) is 31.8. The second-order valence-electron chi connectivity index (χ2n) is 10.5. The Labute approximate surface area is 256 Å². The Hall–Kier alpha value is -4.14. The molecule has 1 atom stereocenters. The number of anilines is 2. The first-order valence-electron chi connectivity index (χ1n) is 14.9. The van der Waals surface area contributed by atoms with Gasteiger partial charge in [0.15, 0.2) is 11.5 Å². The van der Waals surface area contributed by atoms with Gasteiger partial charge in [-0.15, -0.1) is 0 Å². The predicted octanol–water partition coefficient (Wildman–Crippen LogP) is 7.12. The molecule has 8 heteroatoms. The molecule has 0 amide bonds. The van der Waals surface area contributed by atoms with Crippen molar-refractivity contribution in [3.63, 3.8) is 0 Å². The summed E-state index contributed by atoms with van der Waals surface area (Å²) in [6, 6.07) is 24.3. The van der Waals surface area contributed by atoms with Gasteiger partial charge in [-0.25, -0.2) is 9.97 Å². The van der Waals surface area contributed by atoms with E-state index in [0.29, 0.717) is 35.7 Å². The molecule has 1 fully saturated rings. The molecule has 0 spiro atoms. The Kier molecular flexibility index (Phi) is 12.2. The molecule has 2 heterocycles. The fraction of sp³-hybridized carbons (Fsp3) is 0.371. The molecule has 0 saturated carbocycles. The van der Waals surface area contributed by atoms with Gasteiger partial charge in [0.25, 0.3) is 0 Å². The lowest BCUT2D eigenvalue weighted by atomic mass is 9.98. The monoisotopic (exact) mass is 584 g/mol. The third kappa shape index (κ3) is 9.17. The number of hydrogen-bond donors (Lipinski definition) is 1. The van der Waals surface area contributed by atoms with Crippen molar-refractivity contribution >= 4 is 11.6 Å². The molecule has 5 rings (SSSR count). The van der Waals surface area contributed by atoms with E-state index in [-0.39, 0.29) is 0 Å². The second kappa shape index (κ2) is 16.5. The van der Waals surface area contributed by atoms with Crippen LogP contribution in [-0.2, 0) is 4.74 Å². The van der Waals surface area contributed by atoms with Crippen molar-refractivity contribution in [3.05, 3.63) is 90.1 Å². The van der Waals surface area contributed by atoms with Gasteiger partial charge >= 0.3 is 0 Å². The zero-order valence-electron chi connectivity index (χ0n) is 26.0. The van der Waals surface area contributed by atoms with Crippen LogP contribution in [-0.4, -0.2) is 68.5 Å². The van der Waals surface area contributed by atoms with Crippen LogP contribution in [0, 0.1) is 6.92 Å². The normalized spacial score (nSPS) is 13.8. The number of aromatic nitrogens is 2. The average molecular weight is 585 g/mol. The van der Waals surface area contributed by atoms with Crippen LogP contribution in [0.2, 0.25) is 0 Å². The molecule has 4 aromatic rings. The van der Waals surface area contributed by atoms with Crippen LogP contribution < -0.4 is 19.5 Å². The van der Waals surface area contributed by atoms with Crippen molar-refractivity contribution in [3.8, 4) is 28.5 Å². The van der Waals surface area contributed by atoms with Gasteiger partial charge in [0.05, 0.1) is 33.1 Å². The average Bonchev–Trinajstić information content (AvgIpc) is 3.05. The van der Waals surface area contributed by atoms with Crippen LogP contribution in [0.4, 0.5) is 11.6 Å². The lowest BCUT2D eigenvalue weighted by Crippen LogP contribution is -2.38. The number of ether oxygens (including phenoxy) is 4. The standard InChI is InChI=1S/C28H36N4O4.C7H8/c1-5-20(2)21-7-6-8-22(19-21)30-28-29-12-11-24(31-28)23-9-10-25(33-3)27(34-4)26(23)36-18-15-32-13-16-35-17-14-32;1-7-5-3-2-4-6-7/h6-12,19-20H,5,13-18H2,1-4H3,(H,29,30,31);2-6H,1H3. The fourth-order valence-corrected chi connectivity index (χ4v) is 4.74. The lowest BCUT2D eigenvalue weighted by molar-refractivity contribution is 0.0321. The molecule has 1 aromatic heterocycles. The van der Waals surface area contributed by atoms with Gasteiger partial charge < -0.3 is 24.3 Å². The van der Waals surface area contributed by atoms with Crippen LogP contribution in [0.3, 0.4) is 0 Å². The highest BCUT2D eigenvalue weighted by Crippen LogP contribution is 2.44. The lowest BCUT2D eigenvalue weighted by Gasteiger charge is -2.26. The van der Waals surface area contributed by atoms with Crippen molar-refractivity contribution in [1.82, 2.24) is 14.9 Å². The Morgan fingerprint density at radius 2 is 1.72 bits per heavy atom. The minimum Gasteiger partial charge on any atom is -0.493 e. The Morgan fingerprint density at radius 1 is 0.930 bits per heavy atom. The maximum Gasteiger partial charge on any atom is 0.227 e. The molecule has 1 saturated heterocycles. The minimum absolute atomic E-state index is 0.489. The summed E-state index contributed by atoms with van der Waals surface area (Å²) >= 11 is 0. The Bertz CT molecular complexity index is 1410. The maximum absolute atomic E-state index is 6.30. The molecule has 1 N–H and O–H groups in total. The van der Waals surface area contributed by atoms with Crippen molar-refractivity contribution in [2.24, 2.45) is 0 Å². The summed E-state index contributed by atoms with van der Waals surface area (Å²) in [5.41, 5.74) is 5.11. The number of nitrogens with zero attached hydrogens (tertiary/aromatic N) is 3. The summed E-state index contributed by atoms with van der Waals surface area (Å²) in [7, 11) is 3.24. The van der Waals surface area contributed by atoms with Crippen LogP contribution in [0.5, 0.6) is 17.2 Å². The van der Waals surface area contributed by atoms with Crippen LogP contribution in [0.1, 0.15) is 37.3 Å². The molecule has 1 aliphatic heterocycles. The largest absolute Gasteiger partial charge is 0.493 e. The zero-order chi connectivity index (χ0) is 30.4. The van der Waals surface area contributed by atoms with Crippen molar-refractivity contribution in [2.75, 3.05) is 59.0 Å². The van der Waals surface area contributed by atoms with E-state index >= 15 is 0 Å². The quantitative estimate of drug-likeness (QED) is 0.200. The highest BCUT2D eigenvalue weighted by Gasteiger charge is 2.20. The molecule has 0 radical (unpaired) electrons. The maximum atomic E-state index is 6.30. The SMILES string of the molecule is CCC(C)c1cccc(Nc2nccc(-c3ccc(OC)c(OC)c3OCCN3CCOCC3)n2)c1.Cc1ccccc1. The van der Waals surface area contributed by atoms with E-state index in [9.17, 15) is 0 Å². The third-order valence-electron chi connectivity index (χ3n) is 7.45. The molecule has 1 unspecified atom stereocenters. The summed E-state index contributed by atoms with van der Waals surface area (Å²) in [5.74, 6) is 2.77. The van der Waals surface area contributed by atoms with E-state index in [0.717, 1.165) is 56.2 Å². The number of nitrogens with one attached hydrogen (secondary N) is 1. The van der Waals surface area contributed by atoms with Crippen LogP contribution in [0.25, 0.3) is 11.3 Å². The first-order valence-corrected chi connectivity index (χ1v) is 14.9. The first-order chi connectivity index (χ1) is 21.0. The Balaban J connectivity index is 0.000000530. The number of methoxy groups -OCH3 is 2. The van der Waals surface area contributed by atoms with Crippen molar-refractivity contribution in [1.29, 1.82) is 0 Å². The molecule has 0 bridgehead atoms. The summed E-state index contributed by atoms with van der Waals surface area (Å²) < 4.78 is 23.0. The second-order valence-corrected chi connectivity index (χ2v) is 10.5. The molecule has 8 nitrogen and oxygen atoms in total. The van der Waals surface area contributed by atoms with Gasteiger partial charge in [-0.1, -0.05) is 61.9 Å². The highest BCUT2D eigenvalue weighted by atomic mass is 16.5. The van der Waals surface area contributed by atoms with Gasteiger partial charge in [-0.3, -0.25) is 4.90 Å². The fourth-order valence-electron chi connectivity index (χ4n) is 4.74. The third-order valence-corrected chi connectivity index (χ3v) is 7.45. The summed E-state index contributed by atoms with van der Waals surface area (Å²) in [6.45, 7) is 11.1. The Morgan fingerprint density at radius 3 is 2.40 bits per heavy atom. The predicted molar refractivity (Wildman–Crippen MR) is 173 cm³/mol. The number of rotatable bonds is 11. The molecule has 0 aliphatic carbocycles. The van der Waals surface area contributed by atoms with E-state index in [4.69, 9.17) is 23.9 Å². The molecule has 3 aromatic carbocycles. The number of benzene rings is 3. The smallest absolute Gasteiger partial charge is 0.227 e. The number of hydrogen-bond acceptors (Lipinski definition) is 8. The van der Waals surface area contributed by atoms with Crippen molar-refractivity contribution in [2.45, 2.75) is 33.1 Å². The van der Waals surface area contributed by atoms with E-state index in [1.54, 1.807) is 20.4 Å². The van der Waals surface area contributed by atoms with Crippen molar-refractivity contribution < 1.29 is 18.9 Å². The molecule has 43 heavy (non-hydrogen) atoms. The summed E-state index contributed by atoms with van der Waals surface area (Å²) in [6.07, 6.45) is 2.83. The number of aryl methyl sites for hydroxylation is 1. The highest BCUT2D eigenvalue weighted by molar-refractivity contribution is 5.75. The summed E-state index contributed by atoms with van der Waals surface area (Å²) in [5, 5.41) is 3.35. The van der Waals surface area contributed by atoms with Crippen LogP contribution >= 0.6 is 0 Å².